The van der Waals surface area contributed by atoms with Gasteiger partial charge in [0.15, 0.2) is 4.32 Å². The van der Waals surface area contributed by atoms with Gasteiger partial charge in [-0.05, 0) is 43.7 Å². The number of nitro benzene ring substituents is 2. The van der Waals surface area contributed by atoms with Gasteiger partial charge in [-0.25, -0.2) is 0 Å². The Hall–Kier alpha value is -4.09. The van der Waals surface area contributed by atoms with Crippen molar-refractivity contribution in [1.29, 1.82) is 0 Å². The van der Waals surface area contributed by atoms with Crippen molar-refractivity contribution in [3.63, 3.8) is 0 Å². The van der Waals surface area contributed by atoms with Crippen LogP contribution in [-0.2, 0) is 4.79 Å². The quantitative estimate of drug-likeness (QED) is 0.165. The molecule has 35 heavy (non-hydrogen) atoms. The number of para-hydroxylation sites is 1. The van der Waals surface area contributed by atoms with Gasteiger partial charge in [-0.2, -0.15) is 0 Å². The summed E-state index contributed by atoms with van der Waals surface area (Å²) in [7, 11) is 0. The van der Waals surface area contributed by atoms with E-state index in [4.69, 9.17) is 17.0 Å². The zero-order valence-electron chi connectivity index (χ0n) is 18.5. The molecule has 11 heteroatoms. The maximum atomic E-state index is 13.2. The van der Waals surface area contributed by atoms with Crippen LogP contribution >= 0.6 is 24.0 Å². The van der Waals surface area contributed by atoms with Crippen LogP contribution < -0.4 is 9.64 Å². The van der Waals surface area contributed by atoms with Crippen LogP contribution in [0.2, 0.25) is 0 Å². The molecule has 0 atom stereocenters. The van der Waals surface area contributed by atoms with Gasteiger partial charge in [-0.3, -0.25) is 29.9 Å². The Labute approximate surface area is 209 Å². The number of aryl methyl sites for hydroxylation is 2. The second-order valence-electron chi connectivity index (χ2n) is 7.61. The Morgan fingerprint density at radius 3 is 2.40 bits per heavy atom. The van der Waals surface area contributed by atoms with Crippen LogP contribution in [0.15, 0.2) is 65.6 Å². The zero-order chi connectivity index (χ0) is 25.3. The number of nitrogens with zero attached hydrogens (tertiary/aromatic N) is 3. The third-order valence-electron chi connectivity index (χ3n) is 5.16. The molecule has 0 saturated carbocycles. The lowest BCUT2D eigenvalue weighted by molar-refractivity contribution is -0.394. The topological polar surface area (TPSA) is 116 Å². The molecule has 1 saturated heterocycles. The molecular formula is C24H17N3O6S2. The molecule has 1 heterocycles. The molecule has 0 aromatic heterocycles. The summed E-state index contributed by atoms with van der Waals surface area (Å²) >= 11 is 6.61. The van der Waals surface area contributed by atoms with Crippen LogP contribution in [-0.4, -0.2) is 20.1 Å². The molecule has 176 valence electrons. The van der Waals surface area contributed by atoms with Crippen LogP contribution in [0.1, 0.15) is 16.7 Å². The van der Waals surface area contributed by atoms with E-state index in [9.17, 15) is 25.0 Å². The summed E-state index contributed by atoms with van der Waals surface area (Å²) < 4.78 is 6.16. The first-order chi connectivity index (χ1) is 16.7. The van der Waals surface area contributed by atoms with E-state index >= 15 is 0 Å². The Morgan fingerprint density at radius 1 is 0.971 bits per heavy atom. The van der Waals surface area contributed by atoms with E-state index < -0.39 is 21.2 Å². The van der Waals surface area contributed by atoms with E-state index in [1.54, 1.807) is 30.3 Å². The lowest BCUT2D eigenvalue weighted by Gasteiger charge is -2.17. The molecule has 1 fully saturated rings. The smallest absolute Gasteiger partial charge is 0.318 e. The highest BCUT2D eigenvalue weighted by Gasteiger charge is 2.34. The molecular weight excluding hydrogens is 490 g/mol. The van der Waals surface area contributed by atoms with Crippen LogP contribution in [0.25, 0.3) is 6.08 Å². The van der Waals surface area contributed by atoms with Gasteiger partial charge in [0, 0.05) is 11.6 Å². The highest BCUT2D eigenvalue weighted by Crippen LogP contribution is 2.40. The molecule has 0 N–H and O–H groups in total. The molecule has 0 spiro atoms. The number of hydrogen-bond donors (Lipinski definition) is 0. The van der Waals surface area contributed by atoms with Crippen LogP contribution in [0.5, 0.6) is 11.5 Å². The number of thioether (sulfide) groups is 1. The zero-order valence-corrected chi connectivity index (χ0v) is 20.1. The van der Waals surface area contributed by atoms with Crippen molar-refractivity contribution in [3.8, 4) is 11.5 Å². The SMILES string of the molecule is Cc1ccc(N2C(=O)/C(=C/c3ccccc3Oc3ccc([N+](=O)[O-])cc3[N+](=O)[O-])SC2=S)c(C)c1. The molecule has 0 radical (unpaired) electrons. The number of ether oxygens (including phenoxy) is 1. The predicted molar refractivity (Wildman–Crippen MR) is 138 cm³/mol. The normalized spacial score (nSPS) is 14.5. The first kappa shape index (κ1) is 24.0. The number of carbonyl (C=O) groups is 1. The number of amides is 1. The Morgan fingerprint density at radius 2 is 1.71 bits per heavy atom. The summed E-state index contributed by atoms with van der Waals surface area (Å²) in [5.74, 6) is -0.214. The van der Waals surface area contributed by atoms with Crippen molar-refractivity contribution in [2.45, 2.75) is 13.8 Å². The molecule has 3 aromatic rings. The van der Waals surface area contributed by atoms with Crippen molar-refractivity contribution in [3.05, 3.63) is 102 Å². The van der Waals surface area contributed by atoms with Gasteiger partial charge in [0.1, 0.15) is 5.75 Å². The molecule has 0 bridgehead atoms. The molecule has 1 aliphatic heterocycles. The van der Waals surface area contributed by atoms with E-state index in [0.29, 0.717) is 20.5 Å². The third-order valence-corrected chi connectivity index (χ3v) is 6.46. The number of benzene rings is 3. The Bertz CT molecular complexity index is 1440. The summed E-state index contributed by atoms with van der Waals surface area (Å²) in [6, 6.07) is 15.5. The summed E-state index contributed by atoms with van der Waals surface area (Å²) in [6.07, 6.45) is 1.61. The maximum absolute atomic E-state index is 13.2. The van der Waals surface area contributed by atoms with Crippen LogP contribution in [0.3, 0.4) is 0 Å². The van der Waals surface area contributed by atoms with Gasteiger partial charge >= 0.3 is 5.69 Å². The third kappa shape index (κ3) is 4.91. The monoisotopic (exact) mass is 507 g/mol. The summed E-state index contributed by atoms with van der Waals surface area (Å²) in [4.78, 5) is 36.1. The Kier molecular flexibility index (Phi) is 6.63. The summed E-state index contributed by atoms with van der Waals surface area (Å²) in [5.41, 5.74) is 2.20. The minimum absolute atomic E-state index is 0.163. The average Bonchev–Trinajstić information content (AvgIpc) is 3.08. The fourth-order valence-corrected chi connectivity index (χ4v) is 4.81. The molecule has 9 nitrogen and oxygen atoms in total. The van der Waals surface area contributed by atoms with Gasteiger partial charge in [0.05, 0.1) is 26.5 Å². The lowest BCUT2D eigenvalue weighted by Crippen LogP contribution is -2.28. The van der Waals surface area contributed by atoms with Crippen molar-refractivity contribution >= 4 is 57.3 Å². The first-order valence-corrected chi connectivity index (χ1v) is 11.4. The fourth-order valence-electron chi connectivity index (χ4n) is 3.53. The number of carbonyl (C=O) groups excluding carboxylic acids is 1. The number of thiocarbonyl (C=S) groups is 1. The lowest BCUT2D eigenvalue weighted by atomic mass is 10.1. The molecule has 1 amide bonds. The first-order valence-electron chi connectivity index (χ1n) is 10.2. The molecule has 3 aromatic carbocycles. The number of nitro groups is 2. The van der Waals surface area contributed by atoms with Gasteiger partial charge in [-0.15, -0.1) is 0 Å². The number of hydrogen-bond acceptors (Lipinski definition) is 8. The number of anilines is 1. The molecule has 1 aliphatic rings. The fraction of sp³-hybridized carbons (Fsp3) is 0.0833. The van der Waals surface area contributed by atoms with E-state index in [1.165, 1.54) is 11.0 Å². The van der Waals surface area contributed by atoms with Gasteiger partial charge in [0.2, 0.25) is 5.75 Å². The van der Waals surface area contributed by atoms with Crippen molar-refractivity contribution < 1.29 is 19.4 Å². The van der Waals surface area contributed by atoms with Crippen molar-refractivity contribution in [2.75, 3.05) is 4.90 Å². The van der Waals surface area contributed by atoms with E-state index in [2.05, 4.69) is 0 Å². The second kappa shape index (κ2) is 9.65. The van der Waals surface area contributed by atoms with Crippen LogP contribution in [0.4, 0.5) is 17.1 Å². The highest BCUT2D eigenvalue weighted by molar-refractivity contribution is 8.27. The standard InChI is InChI=1S/C24H17N3O6S2/c1-14-7-9-18(15(2)11-14)25-23(28)22(35-24(25)34)12-16-5-3-4-6-20(16)33-21-10-8-17(26(29)30)13-19(21)27(31)32/h3-13H,1-2H3/b22-12-. The van der Waals surface area contributed by atoms with Crippen LogP contribution in [0, 0.1) is 34.1 Å². The minimum atomic E-state index is -0.750. The second-order valence-corrected chi connectivity index (χ2v) is 9.29. The molecule has 4 rings (SSSR count). The molecule has 0 unspecified atom stereocenters. The van der Waals surface area contributed by atoms with E-state index in [-0.39, 0.29) is 17.4 Å². The van der Waals surface area contributed by atoms with Gasteiger partial charge in [0.25, 0.3) is 11.6 Å². The predicted octanol–water partition coefficient (Wildman–Crippen LogP) is 6.32. The summed E-state index contributed by atoms with van der Waals surface area (Å²) in [5, 5.41) is 22.5. The van der Waals surface area contributed by atoms with E-state index in [1.807, 2.05) is 32.0 Å². The van der Waals surface area contributed by atoms with Crippen molar-refractivity contribution in [1.82, 2.24) is 0 Å². The largest absolute Gasteiger partial charge is 0.449 e. The average molecular weight is 508 g/mol. The minimum Gasteiger partial charge on any atom is -0.449 e. The van der Waals surface area contributed by atoms with Gasteiger partial charge < -0.3 is 4.74 Å². The number of rotatable bonds is 6. The maximum Gasteiger partial charge on any atom is 0.318 e. The Balaban J connectivity index is 1.68. The summed E-state index contributed by atoms with van der Waals surface area (Å²) in [6.45, 7) is 3.87. The van der Waals surface area contributed by atoms with E-state index in [0.717, 1.165) is 35.0 Å². The highest BCUT2D eigenvalue weighted by atomic mass is 32.2. The molecule has 0 aliphatic carbocycles. The number of non-ortho nitro benzene ring substituents is 1. The van der Waals surface area contributed by atoms with Gasteiger partial charge in [-0.1, -0.05) is 59.9 Å². The van der Waals surface area contributed by atoms with Crippen molar-refractivity contribution in [2.24, 2.45) is 0 Å².